The molecule has 0 bridgehead atoms. The van der Waals surface area contributed by atoms with Crippen LogP contribution in [0.25, 0.3) is 0 Å². The smallest absolute Gasteiger partial charge is 0.338 e. The number of rotatable bonds is 9. The van der Waals surface area contributed by atoms with E-state index in [2.05, 4.69) is 15.4 Å². The van der Waals surface area contributed by atoms with E-state index in [0.717, 1.165) is 17.9 Å². The van der Waals surface area contributed by atoms with Crippen LogP contribution >= 0.6 is 0 Å². The van der Waals surface area contributed by atoms with Crippen molar-refractivity contribution < 1.29 is 33.3 Å². The van der Waals surface area contributed by atoms with Crippen LogP contribution in [0.5, 0.6) is 0 Å². The summed E-state index contributed by atoms with van der Waals surface area (Å²) in [5.74, 6) is -1.12. The number of hydrogen-bond donors (Lipinski definition) is 2. The summed E-state index contributed by atoms with van der Waals surface area (Å²) in [6.45, 7) is 0.346. The lowest BCUT2D eigenvalue weighted by Gasteiger charge is -2.24. The standard InChI is InChI=1S/C24H26N2O7/c1-30-13-12-21(27)26-24(29)25-19-15-31-20(16-33-23(28)18-10-6-3-7-11-18)22(19)32-14-17-8-4-2-5-9-17/h2-13,19-20,22H,14-16H2,1H3,(H2,25,26,27,29)/b13-12+/t19-,20-,22-/m0/s1. The van der Waals surface area contributed by atoms with Crippen LogP contribution in [0.1, 0.15) is 15.9 Å². The van der Waals surface area contributed by atoms with Gasteiger partial charge in [-0.05, 0) is 17.7 Å². The highest BCUT2D eigenvalue weighted by Gasteiger charge is 2.40. The fourth-order valence-electron chi connectivity index (χ4n) is 3.24. The number of urea groups is 1. The first-order valence-electron chi connectivity index (χ1n) is 10.4. The summed E-state index contributed by atoms with van der Waals surface area (Å²) in [4.78, 5) is 36.2. The van der Waals surface area contributed by atoms with Crippen molar-refractivity contribution in [3.8, 4) is 0 Å². The number of esters is 1. The first-order valence-corrected chi connectivity index (χ1v) is 10.4. The van der Waals surface area contributed by atoms with Crippen molar-refractivity contribution in [1.82, 2.24) is 10.6 Å². The van der Waals surface area contributed by atoms with E-state index in [1.165, 1.54) is 7.11 Å². The quantitative estimate of drug-likeness (QED) is 0.339. The van der Waals surface area contributed by atoms with Crippen molar-refractivity contribution in [2.75, 3.05) is 20.3 Å². The second kappa shape index (κ2) is 12.4. The summed E-state index contributed by atoms with van der Waals surface area (Å²) in [5.41, 5.74) is 1.36. The molecule has 2 N–H and O–H groups in total. The molecule has 0 spiro atoms. The third-order valence-electron chi connectivity index (χ3n) is 4.84. The predicted octanol–water partition coefficient (Wildman–Crippen LogP) is 2.18. The molecule has 174 valence electrons. The molecule has 2 aromatic rings. The van der Waals surface area contributed by atoms with Crippen molar-refractivity contribution in [1.29, 1.82) is 0 Å². The average molecular weight is 454 g/mol. The number of hydrogen-bond acceptors (Lipinski definition) is 7. The number of nitrogens with one attached hydrogen (secondary N) is 2. The highest BCUT2D eigenvalue weighted by atomic mass is 16.6. The highest BCUT2D eigenvalue weighted by molar-refractivity contribution is 6.00. The van der Waals surface area contributed by atoms with Crippen molar-refractivity contribution in [2.24, 2.45) is 0 Å². The van der Waals surface area contributed by atoms with Gasteiger partial charge in [0.1, 0.15) is 18.8 Å². The zero-order chi connectivity index (χ0) is 23.5. The summed E-state index contributed by atoms with van der Waals surface area (Å²) < 4.78 is 21.9. The third kappa shape index (κ3) is 7.44. The maximum atomic E-state index is 12.3. The first-order chi connectivity index (χ1) is 16.1. The molecule has 1 fully saturated rings. The molecule has 3 amide bonds. The molecule has 3 atom stereocenters. The molecule has 1 saturated heterocycles. The second-order valence-electron chi connectivity index (χ2n) is 7.21. The van der Waals surface area contributed by atoms with Gasteiger partial charge in [0.15, 0.2) is 0 Å². The van der Waals surface area contributed by atoms with Crippen LogP contribution in [0.2, 0.25) is 0 Å². The predicted molar refractivity (Wildman–Crippen MR) is 118 cm³/mol. The minimum absolute atomic E-state index is 0.0531. The Labute approximate surface area is 191 Å². The van der Waals surface area contributed by atoms with E-state index in [1.807, 2.05) is 30.3 Å². The molecular weight excluding hydrogens is 428 g/mol. The number of carbonyl (C=O) groups is 3. The Morgan fingerprint density at radius 1 is 1.06 bits per heavy atom. The average Bonchev–Trinajstić information content (AvgIpc) is 3.21. The molecule has 9 nitrogen and oxygen atoms in total. The SMILES string of the molecule is CO/C=C/C(=O)NC(=O)N[C@H]1CO[C@@H](COC(=O)c2ccccc2)[C@H]1OCc1ccccc1. The van der Waals surface area contributed by atoms with Crippen molar-refractivity contribution in [3.05, 3.63) is 84.1 Å². The number of benzene rings is 2. The number of carbonyl (C=O) groups excluding carboxylic acids is 3. The number of amides is 3. The van der Waals surface area contributed by atoms with E-state index >= 15 is 0 Å². The van der Waals surface area contributed by atoms with Crippen LogP contribution in [-0.2, 0) is 30.3 Å². The van der Waals surface area contributed by atoms with E-state index in [9.17, 15) is 14.4 Å². The summed E-state index contributed by atoms with van der Waals surface area (Å²) in [6.07, 6.45) is 1.03. The van der Waals surface area contributed by atoms with Gasteiger partial charge in [-0.15, -0.1) is 0 Å². The van der Waals surface area contributed by atoms with Gasteiger partial charge >= 0.3 is 12.0 Å². The Hall–Kier alpha value is -3.69. The van der Waals surface area contributed by atoms with Crippen LogP contribution in [0.15, 0.2) is 73.0 Å². The molecule has 1 aliphatic heterocycles. The summed E-state index contributed by atoms with van der Waals surface area (Å²) in [5, 5.41) is 4.86. The number of ether oxygens (including phenoxy) is 4. The zero-order valence-electron chi connectivity index (χ0n) is 18.1. The van der Waals surface area contributed by atoms with Gasteiger partial charge in [-0.1, -0.05) is 48.5 Å². The maximum Gasteiger partial charge on any atom is 0.338 e. The highest BCUT2D eigenvalue weighted by Crippen LogP contribution is 2.21. The van der Waals surface area contributed by atoms with Crippen LogP contribution in [0, 0.1) is 0 Å². The molecule has 33 heavy (non-hydrogen) atoms. The van der Waals surface area contributed by atoms with Gasteiger partial charge in [-0.3, -0.25) is 10.1 Å². The minimum atomic E-state index is -0.704. The van der Waals surface area contributed by atoms with Crippen molar-refractivity contribution in [3.63, 3.8) is 0 Å². The molecule has 0 aliphatic carbocycles. The topological polar surface area (TPSA) is 112 Å². The second-order valence-corrected chi connectivity index (χ2v) is 7.21. The fraction of sp³-hybridized carbons (Fsp3) is 0.292. The molecule has 1 heterocycles. The Balaban J connectivity index is 1.61. The van der Waals surface area contributed by atoms with Crippen molar-refractivity contribution >= 4 is 17.9 Å². The molecule has 0 radical (unpaired) electrons. The summed E-state index contributed by atoms with van der Waals surface area (Å²) >= 11 is 0. The van der Waals surface area contributed by atoms with Gasteiger partial charge in [0.05, 0.1) is 38.2 Å². The maximum absolute atomic E-state index is 12.3. The molecular formula is C24H26N2O7. The fourth-order valence-corrected chi connectivity index (χ4v) is 3.24. The van der Waals surface area contributed by atoms with E-state index in [0.29, 0.717) is 5.56 Å². The normalized spacial score (nSPS) is 19.7. The van der Waals surface area contributed by atoms with E-state index < -0.39 is 36.2 Å². The van der Waals surface area contributed by atoms with Gasteiger partial charge in [0.2, 0.25) is 0 Å². The largest absolute Gasteiger partial charge is 0.504 e. The van der Waals surface area contributed by atoms with E-state index in [-0.39, 0.29) is 19.8 Å². The van der Waals surface area contributed by atoms with Gasteiger partial charge in [0, 0.05) is 6.08 Å². The Morgan fingerprint density at radius 3 is 2.45 bits per heavy atom. The van der Waals surface area contributed by atoms with Gasteiger partial charge in [-0.25, -0.2) is 9.59 Å². The molecule has 0 unspecified atom stereocenters. The minimum Gasteiger partial charge on any atom is -0.504 e. The van der Waals surface area contributed by atoms with Crippen molar-refractivity contribution in [2.45, 2.75) is 24.9 Å². The third-order valence-corrected chi connectivity index (χ3v) is 4.84. The number of methoxy groups -OCH3 is 1. The Bertz CT molecular complexity index is 950. The summed E-state index contributed by atoms with van der Waals surface area (Å²) in [7, 11) is 1.39. The van der Waals surface area contributed by atoms with E-state index in [1.54, 1.807) is 30.3 Å². The summed E-state index contributed by atoms with van der Waals surface area (Å²) in [6, 6.07) is 16.9. The van der Waals surface area contributed by atoms with Crippen LogP contribution < -0.4 is 10.6 Å². The lowest BCUT2D eigenvalue weighted by molar-refractivity contribution is -0.115. The Kier molecular flexibility index (Phi) is 8.98. The Morgan fingerprint density at radius 2 is 1.76 bits per heavy atom. The van der Waals surface area contributed by atoms with Crippen LogP contribution in [-0.4, -0.2) is 56.5 Å². The lowest BCUT2D eigenvalue weighted by atomic mass is 10.1. The number of imide groups is 1. The first kappa shape index (κ1) is 24.0. The zero-order valence-corrected chi connectivity index (χ0v) is 18.1. The monoisotopic (exact) mass is 454 g/mol. The van der Waals surface area contributed by atoms with Gasteiger partial charge in [0.25, 0.3) is 5.91 Å². The molecule has 3 rings (SSSR count). The molecule has 0 saturated carbocycles. The molecule has 1 aliphatic rings. The van der Waals surface area contributed by atoms with Crippen LogP contribution in [0.4, 0.5) is 4.79 Å². The van der Waals surface area contributed by atoms with Gasteiger partial charge in [-0.2, -0.15) is 0 Å². The van der Waals surface area contributed by atoms with Crippen LogP contribution in [0.3, 0.4) is 0 Å². The molecule has 0 aromatic heterocycles. The molecule has 9 heteroatoms. The van der Waals surface area contributed by atoms with E-state index in [4.69, 9.17) is 14.2 Å². The van der Waals surface area contributed by atoms with Gasteiger partial charge < -0.3 is 24.3 Å². The lowest BCUT2D eigenvalue weighted by Crippen LogP contribution is -2.50. The molecule has 2 aromatic carbocycles.